The summed E-state index contributed by atoms with van der Waals surface area (Å²) < 4.78 is 0. The molecule has 0 saturated carbocycles. The number of hydrogen-bond donors (Lipinski definition) is 1. The number of benzene rings is 4. The lowest BCUT2D eigenvalue weighted by molar-refractivity contribution is 1.13. The fraction of sp³-hybridized carbons (Fsp3) is 0.120. The molecule has 2 nitrogen and oxygen atoms in total. The zero-order valence-corrected chi connectivity index (χ0v) is 16.0. The number of nitrogens with zero attached hydrogens (tertiary/aromatic N) is 1. The zero-order valence-electron chi connectivity index (χ0n) is 16.0. The molecule has 0 aliphatic carbocycles. The summed E-state index contributed by atoms with van der Waals surface area (Å²) in [6, 6.07) is 30.0. The number of anilines is 3. The van der Waals surface area contributed by atoms with Gasteiger partial charge in [-0.25, -0.2) is 0 Å². The van der Waals surface area contributed by atoms with Gasteiger partial charge in [-0.2, -0.15) is 0 Å². The normalized spacial score (nSPS) is 10.8. The first-order valence-electron chi connectivity index (χ1n) is 9.25. The van der Waals surface area contributed by atoms with Gasteiger partial charge in [0.1, 0.15) is 0 Å². The van der Waals surface area contributed by atoms with Crippen LogP contribution in [0.3, 0.4) is 0 Å². The molecule has 0 saturated heterocycles. The first-order valence-corrected chi connectivity index (χ1v) is 9.25. The van der Waals surface area contributed by atoms with Crippen molar-refractivity contribution in [2.75, 3.05) is 24.3 Å². The van der Waals surface area contributed by atoms with Crippen molar-refractivity contribution in [2.45, 2.75) is 6.92 Å². The lowest BCUT2D eigenvalue weighted by atomic mass is 9.93. The Morgan fingerprint density at radius 3 is 2.00 bits per heavy atom. The molecule has 0 bridgehead atoms. The minimum absolute atomic E-state index is 1.10. The average molecular weight is 352 g/mol. The summed E-state index contributed by atoms with van der Waals surface area (Å²) in [7, 11) is 4.14. The van der Waals surface area contributed by atoms with Gasteiger partial charge in [0.05, 0.1) is 0 Å². The van der Waals surface area contributed by atoms with Crippen molar-refractivity contribution in [3.63, 3.8) is 0 Å². The molecular weight excluding hydrogens is 328 g/mol. The van der Waals surface area contributed by atoms with Gasteiger partial charge in [-0.15, -0.1) is 0 Å². The van der Waals surface area contributed by atoms with E-state index in [0.717, 1.165) is 11.4 Å². The van der Waals surface area contributed by atoms with Crippen LogP contribution >= 0.6 is 0 Å². The van der Waals surface area contributed by atoms with Crippen molar-refractivity contribution in [2.24, 2.45) is 0 Å². The van der Waals surface area contributed by atoms with E-state index in [-0.39, 0.29) is 0 Å². The monoisotopic (exact) mass is 352 g/mol. The molecule has 0 atom stereocenters. The quantitative estimate of drug-likeness (QED) is 0.444. The number of hydrogen-bond acceptors (Lipinski definition) is 2. The Bertz CT molecular complexity index is 1060. The van der Waals surface area contributed by atoms with Gasteiger partial charge >= 0.3 is 0 Å². The van der Waals surface area contributed by atoms with Gasteiger partial charge in [0.2, 0.25) is 0 Å². The highest BCUT2D eigenvalue weighted by Crippen LogP contribution is 2.36. The number of aryl methyl sites for hydroxylation is 1. The fourth-order valence-corrected chi connectivity index (χ4v) is 3.54. The van der Waals surface area contributed by atoms with Gasteiger partial charge in [-0.3, -0.25) is 0 Å². The topological polar surface area (TPSA) is 15.3 Å². The smallest absolute Gasteiger partial charge is 0.0470 e. The van der Waals surface area contributed by atoms with E-state index in [2.05, 4.69) is 110 Å². The molecule has 0 aliphatic heterocycles. The first-order chi connectivity index (χ1) is 13.1. The van der Waals surface area contributed by atoms with Crippen molar-refractivity contribution in [3.8, 4) is 11.1 Å². The summed E-state index contributed by atoms with van der Waals surface area (Å²) in [5.74, 6) is 0. The van der Waals surface area contributed by atoms with Crippen LogP contribution in [-0.2, 0) is 0 Å². The molecule has 1 N–H and O–H groups in total. The van der Waals surface area contributed by atoms with Crippen molar-refractivity contribution >= 4 is 27.8 Å². The molecule has 134 valence electrons. The van der Waals surface area contributed by atoms with Crippen LogP contribution in [0.15, 0.2) is 84.9 Å². The SMILES string of the molecule is Cc1c(-c2ccc(N(C)C)cc2)cc(Nc2ccccc2)c2ccccc12. The summed E-state index contributed by atoms with van der Waals surface area (Å²) in [5, 5.41) is 6.13. The Hall–Kier alpha value is -3.26. The summed E-state index contributed by atoms with van der Waals surface area (Å²) in [6.07, 6.45) is 0. The maximum Gasteiger partial charge on any atom is 0.0470 e. The van der Waals surface area contributed by atoms with Gasteiger partial charge < -0.3 is 10.2 Å². The Morgan fingerprint density at radius 1 is 0.704 bits per heavy atom. The third-order valence-electron chi connectivity index (χ3n) is 5.06. The van der Waals surface area contributed by atoms with Gasteiger partial charge in [-0.1, -0.05) is 54.6 Å². The molecule has 0 radical (unpaired) electrons. The van der Waals surface area contributed by atoms with Gasteiger partial charge in [-0.05, 0) is 59.3 Å². The Kier molecular flexibility index (Phi) is 4.55. The molecule has 27 heavy (non-hydrogen) atoms. The summed E-state index contributed by atoms with van der Waals surface area (Å²) in [4.78, 5) is 2.12. The molecular formula is C25H24N2. The standard InChI is InChI=1S/C25H24N2/c1-18-22-11-7-8-12-23(22)25(26-20-9-5-4-6-10-20)17-24(18)19-13-15-21(16-14-19)27(2)3/h4-17,26H,1-3H3. The van der Waals surface area contributed by atoms with Crippen LogP contribution < -0.4 is 10.2 Å². The van der Waals surface area contributed by atoms with Crippen LogP contribution in [0.4, 0.5) is 17.1 Å². The highest BCUT2D eigenvalue weighted by atomic mass is 15.1. The number of nitrogens with one attached hydrogen (secondary N) is 1. The fourth-order valence-electron chi connectivity index (χ4n) is 3.54. The lowest BCUT2D eigenvalue weighted by Crippen LogP contribution is -2.07. The largest absolute Gasteiger partial charge is 0.378 e. The van der Waals surface area contributed by atoms with Crippen LogP contribution in [0.2, 0.25) is 0 Å². The predicted molar refractivity (Wildman–Crippen MR) is 118 cm³/mol. The van der Waals surface area contributed by atoms with Crippen molar-refractivity contribution < 1.29 is 0 Å². The van der Waals surface area contributed by atoms with E-state index in [4.69, 9.17) is 0 Å². The Labute approximate surface area is 161 Å². The van der Waals surface area contributed by atoms with Gasteiger partial charge in [0.15, 0.2) is 0 Å². The van der Waals surface area contributed by atoms with E-state index in [1.807, 2.05) is 6.07 Å². The Balaban J connectivity index is 1.87. The molecule has 0 aliphatic rings. The molecule has 0 fully saturated rings. The van der Waals surface area contributed by atoms with Crippen LogP contribution in [0.1, 0.15) is 5.56 Å². The molecule has 4 aromatic carbocycles. The molecule has 4 aromatic rings. The van der Waals surface area contributed by atoms with Gasteiger partial charge in [0, 0.05) is 36.5 Å². The minimum atomic E-state index is 1.10. The summed E-state index contributed by atoms with van der Waals surface area (Å²) in [6.45, 7) is 2.21. The zero-order chi connectivity index (χ0) is 18.8. The van der Waals surface area contributed by atoms with E-state index >= 15 is 0 Å². The maximum atomic E-state index is 3.61. The number of rotatable bonds is 4. The van der Waals surface area contributed by atoms with Gasteiger partial charge in [0.25, 0.3) is 0 Å². The predicted octanol–water partition coefficient (Wildman–Crippen LogP) is 6.62. The second kappa shape index (κ2) is 7.16. The molecule has 0 unspecified atom stereocenters. The molecule has 0 spiro atoms. The second-order valence-corrected chi connectivity index (χ2v) is 7.07. The first kappa shape index (κ1) is 17.2. The van der Waals surface area contributed by atoms with Crippen LogP contribution in [0.5, 0.6) is 0 Å². The van der Waals surface area contributed by atoms with E-state index in [9.17, 15) is 0 Å². The van der Waals surface area contributed by atoms with E-state index in [1.54, 1.807) is 0 Å². The number of fused-ring (bicyclic) bond motifs is 1. The van der Waals surface area contributed by atoms with Crippen LogP contribution in [0, 0.1) is 6.92 Å². The molecule has 4 rings (SSSR count). The molecule has 2 heteroatoms. The highest BCUT2D eigenvalue weighted by Gasteiger charge is 2.11. The van der Waals surface area contributed by atoms with Crippen LogP contribution in [0.25, 0.3) is 21.9 Å². The van der Waals surface area contributed by atoms with E-state index in [0.29, 0.717) is 0 Å². The second-order valence-electron chi connectivity index (χ2n) is 7.07. The molecule has 0 heterocycles. The highest BCUT2D eigenvalue weighted by molar-refractivity contribution is 6.01. The van der Waals surface area contributed by atoms with Crippen molar-refractivity contribution in [1.82, 2.24) is 0 Å². The van der Waals surface area contributed by atoms with Crippen molar-refractivity contribution in [1.29, 1.82) is 0 Å². The van der Waals surface area contributed by atoms with E-state index < -0.39 is 0 Å². The minimum Gasteiger partial charge on any atom is -0.378 e. The van der Waals surface area contributed by atoms with Crippen LogP contribution in [-0.4, -0.2) is 14.1 Å². The maximum absolute atomic E-state index is 3.61. The molecule has 0 amide bonds. The van der Waals surface area contributed by atoms with Crippen molar-refractivity contribution in [3.05, 3.63) is 90.5 Å². The summed E-state index contributed by atoms with van der Waals surface area (Å²) in [5.41, 5.74) is 7.24. The third-order valence-corrected chi connectivity index (χ3v) is 5.06. The number of para-hydroxylation sites is 1. The Morgan fingerprint density at radius 2 is 1.33 bits per heavy atom. The summed E-state index contributed by atoms with van der Waals surface area (Å²) >= 11 is 0. The van der Waals surface area contributed by atoms with E-state index in [1.165, 1.54) is 33.2 Å². The third kappa shape index (κ3) is 3.39. The lowest BCUT2D eigenvalue weighted by Gasteiger charge is -2.17. The molecule has 0 aromatic heterocycles. The average Bonchev–Trinajstić information content (AvgIpc) is 2.71.